The molecule has 1 saturated carbocycles. The van der Waals surface area contributed by atoms with E-state index in [4.69, 9.17) is 4.74 Å². The summed E-state index contributed by atoms with van der Waals surface area (Å²) in [4.78, 5) is 0. The van der Waals surface area contributed by atoms with Crippen molar-refractivity contribution in [3.63, 3.8) is 0 Å². The maximum Gasteiger partial charge on any atom is 0.200 e. The highest BCUT2D eigenvalue weighted by atomic mass is 16.5. The van der Waals surface area contributed by atoms with Crippen LogP contribution >= 0.6 is 0 Å². The molecular formula is C12H16O4. The lowest BCUT2D eigenvalue weighted by molar-refractivity contribution is 0.119. The number of aliphatic hydroxyl groups is 1. The van der Waals surface area contributed by atoms with E-state index in [2.05, 4.69) is 0 Å². The fourth-order valence-electron chi connectivity index (χ4n) is 2.20. The summed E-state index contributed by atoms with van der Waals surface area (Å²) in [6.07, 6.45) is 2.87. The predicted molar refractivity (Wildman–Crippen MR) is 58.9 cm³/mol. The number of methoxy groups -OCH3 is 1. The van der Waals surface area contributed by atoms with Gasteiger partial charge in [0.15, 0.2) is 11.5 Å². The Kier molecular flexibility index (Phi) is 2.68. The summed E-state index contributed by atoms with van der Waals surface area (Å²) in [6.45, 7) is 0.0559. The molecule has 1 aromatic rings. The van der Waals surface area contributed by atoms with Gasteiger partial charge in [0.05, 0.1) is 13.7 Å². The second-order valence-corrected chi connectivity index (χ2v) is 4.34. The van der Waals surface area contributed by atoms with Crippen molar-refractivity contribution in [3.8, 4) is 17.2 Å². The van der Waals surface area contributed by atoms with Crippen LogP contribution in [-0.4, -0.2) is 29.0 Å². The molecule has 1 aliphatic rings. The number of phenols is 2. The second-order valence-electron chi connectivity index (χ2n) is 4.34. The minimum atomic E-state index is -0.265. The molecule has 0 heterocycles. The first-order valence-electron chi connectivity index (χ1n) is 5.34. The van der Waals surface area contributed by atoms with Gasteiger partial charge in [0.25, 0.3) is 0 Å². The molecule has 0 radical (unpaired) electrons. The van der Waals surface area contributed by atoms with E-state index >= 15 is 0 Å². The predicted octanol–water partition coefficient (Wildman–Crippen LogP) is 1.52. The van der Waals surface area contributed by atoms with Crippen molar-refractivity contribution < 1.29 is 20.1 Å². The standard InChI is InChI=1S/C12H16O4/c1-16-10-6-8(5-9(14)11(10)15)12(7-13)3-2-4-12/h5-6,13-15H,2-4,7H2,1H3. The molecule has 2 rings (SSSR count). The summed E-state index contributed by atoms with van der Waals surface area (Å²) in [6, 6.07) is 3.19. The Labute approximate surface area is 94.1 Å². The van der Waals surface area contributed by atoms with Gasteiger partial charge < -0.3 is 20.1 Å². The van der Waals surface area contributed by atoms with Crippen molar-refractivity contribution in [1.29, 1.82) is 0 Å². The molecule has 4 heteroatoms. The molecule has 0 unspecified atom stereocenters. The minimum Gasteiger partial charge on any atom is -0.504 e. The molecule has 0 bridgehead atoms. The first-order chi connectivity index (χ1) is 7.63. The number of hydrogen-bond acceptors (Lipinski definition) is 4. The van der Waals surface area contributed by atoms with Gasteiger partial charge in [-0.15, -0.1) is 0 Å². The molecule has 88 valence electrons. The third-order valence-electron chi connectivity index (χ3n) is 3.50. The monoisotopic (exact) mass is 224 g/mol. The molecule has 0 aliphatic heterocycles. The maximum atomic E-state index is 9.58. The summed E-state index contributed by atoms with van der Waals surface area (Å²) < 4.78 is 4.98. The lowest BCUT2D eigenvalue weighted by Crippen LogP contribution is -2.37. The van der Waals surface area contributed by atoms with Gasteiger partial charge >= 0.3 is 0 Å². The highest BCUT2D eigenvalue weighted by Gasteiger charge is 2.39. The van der Waals surface area contributed by atoms with Crippen LogP contribution in [0.3, 0.4) is 0 Å². The number of rotatable bonds is 3. The lowest BCUT2D eigenvalue weighted by atomic mass is 9.65. The number of aliphatic hydroxyl groups excluding tert-OH is 1. The van der Waals surface area contributed by atoms with E-state index in [1.807, 2.05) is 0 Å². The summed E-state index contributed by atoms with van der Waals surface area (Å²) in [5.41, 5.74) is 0.562. The van der Waals surface area contributed by atoms with Crippen molar-refractivity contribution in [1.82, 2.24) is 0 Å². The molecule has 1 fully saturated rings. The van der Waals surface area contributed by atoms with Gasteiger partial charge in [-0.25, -0.2) is 0 Å². The van der Waals surface area contributed by atoms with Crippen LogP contribution in [0.4, 0.5) is 0 Å². The summed E-state index contributed by atoms with van der Waals surface area (Å²) >= 11 is 0. The fraction of sp³-hybridized carbons (Fsp3) is 0.500. The van der Waals surface area contributed by atoms with Gasteiger partial charge in [0, 0.05) is 5.41 Å². The van der Waals surface area contributed by atoms with Crippen LogP contribution in [0.2, 0.25) is 0 Å². The second kappa shape index (κ2) is 3.87. The van der Waals surface area contributed by atoms with E-state index in [-0.39, 0.29) is 29.3 Å². The van der Waals surface area contributed by atoms with Gasteiger partial charge in [0.1, 0.15) is 0 Å². The van der Waals surface area contributed by atoms with Gasteiger partial charge in [-0.1, -0.05) is 6.42 Å². The SMILES string of the molecule is COc1cc(C2(CO)CCC2)cc(O)c1O. The molecule has 0 spiro atoms. The van der Waals surface area contributed by atoms with Crippen molar-refractivity contribution >= 4 is 0 Å². The largest absolute Gasteiger partial charge is 0.504 e. The molecule has 4 nitrogen and oxygen atoms in total. The zero-order valence-electron chi connectivity index (χ0n) is 9.23. The maximum absolute atomic E-state index is 9.58. The number of aromatic hydroxyl groups is 2. The van der Waals surface area contributed by atoms with Gasteiger partial charge in [-0.2, -0.15) is 0 Å². The summed E-state index contributed by atoms with van der Waals surface area (Å²) in [7, 11) is 1.44. The Morgan fingerprint density at radius 3 is 2.44 bits per heavy atom. The van der Waals surface area contributed by atoms with Crippen molar-refractivity contribution in [2.24, 2.45) is 0 Å². The first-order valence-corrected chi connectivity index (χ1v) is 5.34. The molecule has 0 saturated heterocycles. The quantitative estimate of drug-likeness (QED) is 0.681. The van der Waals surface area contributed by atoms with E-state index in [0.717, 1.165) is 24.8 Å². The Hall–Kier alpha value is -1.42. The van der Waals surface area contributed by atoms with E-state index in [0.29, 0.717) is 0 Å². The zero-order chi connectivity index (χ0) is 11.8. The van der Waals surface area contributed by atoms with Crippen LogP contribution in [0.15, 0.2) is 12.1 Å². The van der Waals surface area contributed by atoms with E-state index in [1.54, 1.807) is 6.07 Å². The Morgan fingerprint density at radius 2 is 2.00 bits per heavy atom. The Morgan fingerprint density at radius 1 is 1.31 bits per heavy atom. The van der Waals surface area contributed by atoms with Gasteiger partial charge in [-0.3, -0.25) is 0 Å². The van der Waals surface area contributed by atoms with E-state index in [9.17, 15) is 15.3 Å². The summed E-state index contributed by atoms with van der Waals surface area (Å²) in [5, 5.41) is 28.5. The molecule has 1 aliphatic carbocycles. The topological polar surface area (TPSA) is 69.9 Å². The number of benzene rings is 1. The van der Waals surface area contributed by atoms with Crippen LogP contribution < -0.4 is 4.74 Å². The number of hydrogen-bond donors (Lipinski definition) is 3. The van der Waals surface area contributed by atoms with Crippen LogP contribution in [0.1, 0.15) is 24.8 Å². The smallest absolute Gasteiger partial charge is 0.200 e. The lowest BCUT2D eigenvalue weighted by Gasteiger charge is -2.41. The molecule has 16 heavy (non-hydrogen) atoms. The highest BCUT2D eigenvalue weighted by Crippen LogP contribution is 2.47. The van der Waals surface area contributed by atoms with Crippen LogP contribution in [0.5, 0.6) is 17.2 Å². The average molecular weight is 224 g/mol. The van der Waals surface area contributed by atoms with Crippen molar-refractivity contribution in [2.45, 2.75) is 24.7 Å². The van der Waals surface area contributed by atoms with Gasteiger partial charge in [-0.05, 0) is 30.5 Å². The Bertz CT molecular complexity index is 391. The van der Waals surface area contributed by atoms with Crippen LogP contribution in [0, 0.1) is 0 Å². The normalized spacial score (nSPS) is 17.9. The molecule has 3 N–H and O–H groups in total. The van der Waals surface area contributed by atoms with Crippen molar-refractivity contribution in [3.05, 3.63) is 17.7 Å². The molecule has 0 atom stereocenters. The number of ether oxygens (including phenoxy) is 1. The molecule has 0 aromatic heterocycles. The summed E-state index contributed by atoms with van der Waals surface area (Å²) in [5.74, 6) is -0.206. The van der Waals surface area contributed by atoms with Crippen LogP contribution in [0.25, 0.3) is 0 Å². The number of phenolic OH excluding ortho intramolecular Hbond substituents is 2. The molecule has 0 amide bonds. The van der Waals surface area contributed by atoms with Crippen LogP contribution in [-0.2, 0) is 5.41 Å². The van der Waals surface area contributed by atoms with Gasteiger partial charge in [0.2, 0.25) is 5.75 Å². The third kappa shape index (κ3) is 1.50. The van der Waals surface area contributed by atoms with E-state index < -0.39 is 0 Å². The minimum absolute atomic E-state index is 0.0559. The fourth-order valence-corrected chi connectivity index (χ4v) is 2.20. The highest BCUT2D eigenvalue weighted by molar-refractivity contribution is 5.54. The first kappa shape index (κ1) is 11.1. The molecular weight excluding hydrogens is 208 g/mol. The Balaban J connectivity index is 2.45. The zero-order valence-corrected chi connectivity index (χ0v) is 9.23. The van der Waals surface area contributed by atoms with Crippen molar-refractivity contribution in [2.75, 3.05) is 13.7 Å². The third-order valence-corrected chi connectivity index (χ3v) is 3.50. The van der Waals surface area contributed by atoms with E-state index in [1.165, 1.54) is 13.2 Å². The average Bonchev–Trinajstić information content (AvgIpc) is 2.22. The molecule has 1 aromatic carbocycles.